The van der Waals surface area contributed by atoms with E-state index in [2.05, 4.69) is 0 Å². The van der Waals surface area contributed by atoms with Crippen LogP contribution in [0, 0.1) is 5.82 Å². The summed E-state index contributed by atoms with van der Waals surface area (Å²) in [7, 11) is 0. The highest BCUT2D eigenvalue weighted by Gasteiger charge is 2.26. The van der Waals surface area contributed by atoms with Crippen LogP contribution in [0.1, 0.15) is 24.5 Å². The minimum absolute atomic E-state index is 0.0176. The molecule has 0 radical (unpaired) electrons. The molecule has 170 valence electrons. The fourth-order valence-corrected chi connectivity index (χ4v) is 3.98. The summed E-state index contributed by atoms with van der Waals surface area (Å²) in [5, 5.41) is 40.1. The first kappa shape index (κ1) is 22.4. The van der Waals surface area contributed by atoms with Crippen LogP contribution in [0.2, 0.25) is 0 Å². The van der Waals surface area contributed by atoms with Gasteiger partial charge in [0.1, 0.15) is 30.4 Å². The van der Waals surface area contributed by atoms with E-state index in [0.29, 0.717) is 18.6 Å². The van der Waals surface area contributed by atoms with E-state index in [4.69, 9.17) is 19.6 Å². The Labute approximate surface area is 184 Å². The maximum absolute atomic E-state index is 13.6. The first-order valence-electron chi connectivity index (χ1n) is 10.6. The van der Waals surface area contributed by atoms with Crippen LogP contribution in [-0.2, 0) is 4.74 Å². The number of aliphatic hydroxyl groups is 3. The van der Waals surface area contributed by atoms with E-state index >= 15 is 0 Å². The van der Waals surface area contributed by atoms with Gasteiger partial charge in [0, 0.05) is 30.1 Å². The second-order valence-electron chi connectivity index (χ2n) is 7.93. The molecule has 0 bridgehead atoms. The lowest BCUT2D eigenvalue weighted by molar-refractivity contribution is -0.0343. The van der Waals surface area contributed by atoms with Crippen LogP contribution in [0.3, 0.4) is 0 Å². The van der Waals surface area contributed by atoms with Crippen LogP contribution in [0.25, 0.3) is 21.9 Å². The number of aromatic nitrogens is 1. The van der Waals surface area contributed by atoms with Gasteiger partial charge in [0.15, 0.2) is 0 Å². The molecule has 3 aromatic rings. The summed E-state index contributed by atoms with van der Waals surface area (Å²) in [6.07, 6.45) is -1.13. The number of aliphatic hydroxyl groups excluding tert-OH is 3. The summed E-state index contributed by atoms with van der Waals surface area (Å²) in [6.45, 7) is 0.305. The third kappa shape index (κ3) is 4.68. The van der Waals surface area contributed by atoms with Crippen molar-refractivity contribution in [3.05, 3.63) is 54.0 Å². The number of phenolic OH excluding ortho intramolecular Hbond substituents is 1. The molecule has 0 spiro atoms. The molecule has 1 aliphatic heterocycles. The van der Waals surface area contributed by atoms with Crippen LogP contribution in [0.4, 0.5) is 4.39 Å². The van der Waals surface area contributed by atoms with Crippen LogP contribution in [0.15, 0.2) is 42.5 Å². The Morgan fingerprint density at radius 1 is 1.03 bits per heavy atom. The van der Waals surface area contributed by atoms with Crippen molar-refractivity contribution in [1.82, 2.24) is 4.98 Å². The Morgan fingerprint density at radius 3 is 2.44 bits per heavy atom. The van der Waals surface area contributed by atoms with E-state index in [1.807, 2.05) is 0 Å². The number of hydrogen-bond donors (Lipinski definition) is 4. The van der Waals surface area contributed by atoms with E-state index in [1.54, 1.807) is 24.3 Å². The van der Waals surface area contributed by atoms with Gasteiger partial charge >= 0.3 is 0 Å². The maximum Gasteiger partial charge on any atom is 0.221 e. The van der Waals surface area contributed by atoms with Crippen molar-refractivity contribution in [2.45, 2.75) is 31.0 Å². The van der Waals surface area contributed by atoms with Crippen LogP contribution in [0.5, 0.6) is 11.6 Å². The van der Waals surface area contributed by atoms with Gasteiger partial charge < -0.3 is 29.9 Å². The molecule has 2 aromatic carbocycles. The monoisotopic (exact) mass is 443 g/mol. The maximum atomic E-state index is 13.6. The second kappa shape index (κ2) is 9.79. The van der Waals surface area contributed by atoms with E-state index in [1.165, 1.54) is 18.2 Å². The topological polar surface area (TPSA) is 112 Å². The van der Waals surface area contributed by atoms with Crippen molar-refractivity contribution < 1.29 is 34.3 Å². The Bertz CT molecular complexity index is 1070. The molecule has 4 rings (SSSR count). The largest absolute Gasteiger partial charge is 0.508 e. The van der Waals surface area contributed by atoms with Crippen molar-refractivity contribution >= 4 is 10.8 Å². The Hall–Kier alpha value is -2.78. The van der Waals surface area contributed by atoms with E-state index in [-0.39, 0.29) is 30.0 Å². The average molecular weight is 443 g/mol. The summed E-state index contributed by atoms with van der Waals surface area (Å²) in [4.78, 5) is 4.78. The van der Waals surface area contributed by atoms with E-state index in [9.17, 15) is 19.7 Å². The van der Waals surface area contributed by atoms with E-state index in [0.717, 1.165) is 35.0 Å². The standard InChI is InChI=1S/C24H26FNO6/c25-16-3-1-14(2-4-16)22-18-6-5-17(28)11-19(18)24(32-13-21(30)20(29)12-27)26-23(22)15-7-9-31-10-8-15/h1-6,11,15,20-21,27-30H,7-10,12-13H2. The first-order chi connectivity index (χ1) is 15.5. The molecule has 4 N–H and O–H groups in total. The highest BCUT2D eigenvalue weighted by Crippen LogP contribution is 2.42. The van der Waals surface area contributed by atoms with Gasteiger partial charge in [-0.15, -0.1) is 0 Å². The van der Waals surface area contributed by atoms with Gasteiger partial charge in [-0.05, 0) is 54.1 Å². The molecular formula is C24H26FNO6. The second-order valence-corrected chi connectivity index (χ2v) is 7.93. The Morgan fingerprint density at radius 2 is 1.75 bits per heavy atom. The van der Waals surface area contributed by atoms with Crippen molar-refractivity contribution in [2.75, 3.05) is 26.4 Å². The lowest BCUT2D eigenvalue weighted by Crippen LogP contribution is -2.34. The number of aromatic hydroxyl groups is 1. The van der Waals surface area contributed by atoms with Crippen LogP contribution >= 0.6 is 0 Å². The highest BCUT2D eigenvalue weighted by molar-refractivity contribution is 6.01. The molecule has 0 amide bonds. The lowest BCUT2D eigenvalue weighted by Gasteiger charge is -2.26. The smallest absolute Gasteiger partial charge is 0.221 e. The molecule has 32 heavy (non-hydrogen) atoms. The Kier molecular flexibility index (Phi) is 6.86. The predicted octanol–water partition coefficient (Wildman–Crippen LogP) is 2.73. The molecule has 1 saturated heterocycles. The number of halogens is 1. The molecule has 7 nitrogen and oxygen atoms in total. The van der Waals surface area contributed by atoms with E-state index < -0.39 is 18.8 Å². The summed E-state index contributed by atoms with van der Waals surface area (Å²) in [5.74, 6) is -0.0404. The van der Waals surface area contributed by atoms with Crippen LogP contribution < -0.4 is 4.74 Å². The summed E-state index contributed by atoms with van der Waals surface area (Å²) >= 11 is 0. The summed E-state index contributed by atoms with van der Waals surface area (Å²) in [6, 6.07) is 11.0. The molecular weight excluding hydrogens is 417 g/mol. The zero-order valence-corrected chi connectivity index (χ0v) is 17.4. The minimum atomic E-state index is -1.34. The fraction of sp³-hybridized carbons (Fsp3) is 0.375. The predicted molar refractivity (Wildman–Crippen MR) is 116 cm³/mol. The zero-order chi connectivity index (χ0) is 22.7. The first-order valence-corrected chi connectivity index (χ1v) is 10.6. The number of rotatable bonds is 7. The molecule has 2 atom stereocenters. The van der Waals surface area contributed by atoms with Gasteiger partial charge in [-0.1, -0.05) is 12.1 Å². The molecule has 0 saturated carbocycles. The number of phenols is 1. The minimum Gasteiger partial charge on any atom is -0.508 e. The molecule has 2 heterocycles. The van der Waals surface area contributed by atoms with Crippen LogP contribution in [-0.4, -0.2) is 64.0 Å². The molecule has 8 heteroatoms. The Balaban J connectivity index is 1.87. The van der Waals surface area contributed by atoms with Gasteiger partial charge in [0.2, 0.25) is 5.88 Å². The van der Waals surface area contributed by atoms with Crippen molar-refractivity contribution in [1.29, 1.82) is 0 Å². The van der Waals surface area contributed by atoms with Crippen molar-refractivity contribution in [3.8, 4) is 22.8 Å². The normalized spacial score (nSPS) is 16.8. The van der Waals surface area contributed by atoms with Crippen molar-refractivity contribution in [2.24, 2.45) is 0 Å². The quantitative estimate of drug-likeness (QED) is 0.444. The molecule has 0 aliphatic carbocycles. The number of ether oxygens (including phenoxy) is 2. The SMILES string of the molecule is OCC(O)C(O)COc1nc(C2CCOCC2)c(-c2ccc(F)cc2)c2ccc(O)cc12. The number of pyridine rings is 1. The summed E-state index contributed by atoms with van der Waals surface area (Å²) in [5.41, 5.74) is 2.39. The molecule has 2 unspecified atom stereocenters. The summed E-state index contributed by atoms with van der Waals surface area (Å²) < 4.78 is 24.9. The third-order valence-corrected chi connectivity index (χ3v) is 5.74. The van der Waals surface area contributed by atoms with Crippen molar-refractivity contribution in [3.63, 3.8) is 0 Å². The number of hydrogen-bond acceptors (Lipinski definition) is 7. The molecule has 1 aromatic heterocycles. The number of nitrogens with zero attached hydrogens (tertiary/aromatic N) is 1. The third-order valence-electron chi connectivity index (χ3n) is 5.74. The number of fused-ring (bicyclic) bond motifs is 1. The lowest BCUT2D eigenvalue weighted by atomic mass is 9.87. The molecule has 1 fully saturated rings. The zero-order valence-electron chi connectivity index (χ0n) is 17.4. The average Bonchev–Trinajstić information content (AvgIpc) is 2.82. The van der Waals surface area contributed by atoms with Gasteiger partial charge in [-0.3, -0.25) is 0 Å². The van der Waals surface area contributed by atoms with Gasteiger partial charge in [0.05, 0.1) is 12.3 Å². The van der Waals surface area contributed by atoms with Gasteiger partial charge in [-0.25, -0.2) is 9.37 Å². The number of benzene rings is 2. The highest BCUT2D eigenvalue weighted by atomic mass is 19.1. The van der Waals surface area contributed by atoms with Gasteiger partial charge in [0.25, 0.3) is 0 Å². The molecule has 1 aliphatic rings. The fourth-order valence-electron chi connectivity index (χ4n) is 3.98. The van der Waals surface area contributed by atoms with Gasteiger partial charge in [-0.2, -0.15) is 0 Å².